The van der Waals surface area contributed by atoms with E-state index in [1.54, 1.807) is 10.7 Å². The molecule has 2 amide bonds. The summed E-state index contributed by atoms with van der Waals surface area (Å²) >= 11 is 0. The Morgan fingerprint density at radius 3 is 2.57 bits per heavy atom. The summed E-state index contributed by atoms with van der Waals surface area (Å²) in [5, 5.41) is 9.69. The van der Waals surface area contributed by atoms with Crippen LogP contribution < -0.4 is 10.6 Å². The number of nitrogens with one attached hydrogen (secondary N) is 2. The van der Waals surface area contributed by atoms with Crippen LogP contribution in [0.5, 0.6) is 0 Å². The standard InChI is InChI=1S/C16H20F2N4O/c1-9(14-10(2)21-22(4)11(14)3)19-16(23)20-13-7-5-6-12(8-13)15(17)18/h5-9,15H,1-4H3,(H2,19,20,23)/t9-/m1/s1. The molecule has 0 fully saturated rings. The Bertz CT molecular complexity index is 712. The van der Waals surface area contributed by atoms with E-state index in [0.29, 0.717) is 5.69 Å². The number of hydrogen-bond donors (Lipinski definition) is 2. The molecule has 0 unspecified atom stereocenters. The maximum absolute atomic E-state index is 12.7. The van der Waals surface area contributed by atoms with Crippen LogP contribution in [0.15, 0.2) is 24.3 Å². The predicted octanol–water partition coefficient (Wildman–Crippen LogP) is 3.86. The lowest BCUT2D eigenvalue weighted by Gasteiger charge is -2.16. The number of benzene rings is 1. The zero-order valence-corrected chi connectivity index (χ0v) is 13.5. The smallest absolute Gasteiger partial charge is 0.319 e. The number of carbonyl (C=O) groups excluding carboxylic acids is 1. The summed E-state index contributed by atoms with van der Waals surface area (Å²) < 4.78 is 27.1. The highest BCUT2D eigenvalue weighted by atomic mass is 19.3. The number of amides is 2. The Kier molecular flexibility index (Phi) is 4.98. The zero-order valence-electron chi connectivity index (χ0n) is 13.5. The van der Waals surface area contributed by atoms with Crippen LogP contribution in [-0.2, 0) is 7.05 Å². The fraction of sp³-hybridized carbons (Fsp3) is 0.375. The molecule has 2 N–H and O–H groups in total. The quantitative estimate of drug-likeness (QED) is 0.898. The van der Waals surface area contributed by atoms with Gasteiger partial charge in [0.25, 0.3) is 6.43 Å². The van der Waals surface area contributed by atoms with Gasteiger partial charge in [0.15, 0.2) is 0 Å². The summed E-state index contributed by atoms with van der Waals surface area (Å²) in [6.07, 6.45) is -2.57. The number of nitrogens with zero attached hydrogens (tertiary/aromatic N) is 2. The largest absolute Gasteiger partial charge is 0.331 e. The number of carbonyl (C=O) groups is 1. The van der Waals surface area contributed by atoms with Crippen molar-refractivity contribution in [2.45, 2.75) is 33.2 Å². The Hall–Kier alpha value is -2.44. The fourth-order valence-corrected chi connectivity index (χ4v) is 2.60. The second-order valence-electron chi connectivity index (χ2n) is 5.45. The van der Waals surface area contributed by atoms with Crippen molar-refractivity contribution >= 4 is 11.7 Å². The van der Waals surface area contributed by atoms with Gasteiger partial charge in [-0.1, -0.05) is 12.1 Å². The summed E-state index contributed by atoms with van der Waals surface area (Å²) in [5.74, 6) is 0. The van der Waals surface area contributed by atoms with Crippen LogP contribution in [0.25, 0.3) is 0 Å². The highest BCUT2D eigenvalue weighted by molar-refractivity contribution is 5.89. The van der Waals surface area contributed by atoms with Crippen LogP contribution in [0.1, 0.15) is 41.9 Å². The van der Waals surface area contributed by atoms with E-state index in [2.05, 4.69) is 15.7 Å². The van der Waals surface area contributed by atoms with E-state index in [9.17, 15) is 13.6 Å². The molecule has 7 heteroatoms. The third-order valence-corrected chi connectivity index (χ3v) is 3.74. The minimum Gasteiger partial charge on any atom is -0.331 e. The van der Waals surface area contributed by atoms with E-state index < -0.39 is 12.5 Å². The van der Waals surface area contributed by atoms with E-state index in [1.807, 2.05) is 27.8 Å². The fourth-order valence-electron chi connectivity index (χ4n) is 2.60. The molecule has 1 aromatic heterocycles. The number of aryl methyl sites for hydroxylation is 2. The number of halogens is 2. The van der Waals surface area contributed by atoms with Crippen molar-refractivity contribution in [3.63, 3.8) is 0 Å². The number of urea groups is 1. The van der Waals surface area contributed by atoms with E-state index in [4.69, 9.17) is 0 Å². The van der Waals surface area contributed by atoms with Crippen molar-refractivity contribution in [3.05, 3.63) is 46.8 Å². The molecule has 2 rings (SSSR count). The molecule has 0 bridgehead atoms. The average Bonchev–Trinajstić information content (AvgIpc) is 2.72. The van der Waals surface area contributed by atoms with Gasteiger partial charge in [0.1, 0.15) is 0 Å². The lowest BCUT2D eigenvalue weighted by atomic mass is 10.1. The van der Waals surface area contributed by atoms with Gasteiger partial charge in [0.2, 0.25) is 0 Å². The third kappa shape index (κ3) is 3.85. The van der Waals surface area contributed by atoms with E-state index in [-0.39, 0.29) is 11.6 Å². The predicted molar refractivity (Wildman–Crippen MR) is 84.7 cm³/mol. The molecule has 0 aliphatic rings. The molecule has 0 saturated carbocycles. The molecule has 0 spiro atoms. The highest BCUT2D eigenvalue weighted by Crippen LogP contribution is 2.23. The van der Waals surface area contributed by atoms with Gasteiger partial charge in [-0.3, -0.25) is 4.68 Å². The third-order valence-electron chi connectivity index (χ3n) is 3.74. The van der Waals surface area contributed by atoms with E-state index in [1.165, 1.54) is 18.2 Å². The van der Waals surface area contributed by atoms with Gasteiger partial charge in [-0.05, 0) is 32.9 Å². The minimum absolute atomic E-state index is 0.130. The molecule has 0 aliphatic carbocycles. The van der Waals surface area contributed by atoms with Gasteiger partial charge >= 0.3 is 6.03 Å². The first-order valence-electron chi connectivity index (χ1n) is 7.25. The van der Waals surface area contributed by atoms with Crippen LogP contribution in [0, 0.1) is 13.8 Å². The number of aromatic nitrogens is 2. The molecule has 23 heavy (non-hydrogen) atoms. The molecule has 2 aromatic rings. The first kappa shape index (κ1) is 16.9. The molecule has 1 aromatic carbocycles. The molecule has 5 nitrogen and oxygen atoms in total. The number of anilines is 1. The van der Waals surface area contributed by atoms with Crippen LogP contribution >= 0.6 is 0 Å². The second kappa shape index (κ2) is 6.76. The Labute approximate surface area is 133 Å². The summed E-state index contributed by atoms with van der Waals surface area (Å²) in [6.45, 7) is 5.66. The van der Waals surface area contributed by atoms with Gasteiger partial charge < -0.3 is 10.6 Å². The monoisotopic (exact) mass is 322 g/mol. The summed E-state index contributed by atoms with van der Waals surface area (Å²) in [5.41, 5.74) is 2.96. The van der Waals surface area contributed by atoms with Crippen LogP contribution in [-0.4, -0.2) is 15.8 Å². The van der Waals surface area contributed by atoms with Gasteiger partial charge in [-0.25, -0.2) is 13.6 Å². The molecule has 124 valence electrons. The normalized spacial score (nSPS) is 12.3. The van der Waals surface area contributed by atoms with Crippen molar-refractivity contribution in [1.29, 1.82) is 0 Å². The Morgan fingerprint density at radius 1 is 1.30 bits per heavy atom. The van der Waals surface area contributed by atoms with Crippen molar-refractivity contribution in [2.75, 3.05) is 5.32 Å². The number of alkyl halides is 2. The highest BCUT2D eigenvalue weighted by Gasteiger charge is 2.18. The topological polar surface area (TPSA) is 59.0 Å². The summed E-state index contributed by atoms with van der Waals surface area (Å²) in [6, 6.07) is 4.93. The van der Waals surface area contributed by atoms with Gasteiger partial charge in [0.05, 0.1) is 11.7 Å². The lowest BCUT2D eigenvalue weighted by Crippen LogP contribution is -2.31. The van der Waals surface area contributed by atoms with E-state index in [0.717, 1.165) is 17.0 Å². The van der Waals surface area contributed by atoms with Crippen molar-refractivity contribution < 1.29 is 13.6 Å². The summed E-state index contributed by atoms with van der Waals surface area (Å²) in [4.78, 5) is 12.1. The molecular weight excluding hydrogens is 302 g/mol. The van der Waals surface area contributed by atoms with Crippen LogP contribution in [0.2, 0.25) is 0 Å². The molecule has 1 heterocycles. The van der Waals surface area contributed by atoms with Gasteiger partial charge in [-0.15, -0.1) is 0 Å². The Balaban J connectivity index is 2.06. The first-order chi connectivity index (χ1) is 10.8. The molecule has 0 radical (unpaired) electrons. The first-order valence-corrected chi connectivity index (χ1v) is 7.25. The van der Waals surface area contributed by atoms with Crippen molar-refractivity contribution in [3.8, 4) is 0 Å². The summed E-state index contributed by atoms with van der Waals surface area (Å²) in [7, 11) is 1.84. The van der Waals surface area contributed by atoms with Crippen molar-refractivity contribution in [1.82, 2.24) is 15.1 Å². The van der Waals surface area contributed by atoms with Crippen LogP contribution in [0.4, 0.5) is 19.3 Å². The van der Waals surface area contributed by atoms with E-state index >= 15 is 0 Å². The maximum atomic E-state index is 12.7. The maximum Gasteiger partial charge on any atom is 0.319 e. The molecule has 1 atom stereocenters. The molecule has 0 aliphatic heterocycles. The van der Waals surface area contributed by atoms with Gasteiger partial charge in [-0.2, -0.15) is 5.10 Å². The second-order valence-corrected chi connectivity index (χ2v) is 5.45. The number of hydrogen-bond acceptors (Lipinski definition) is 2. The SMILES string of the molecule is Cc1nn(C)c(C)c1[C@@H](C)NC(=O)Nc1cccc(C(F)F)c1. The molecular formula is C16H20F2N4O. The average molecular weight is 322 g/mol. The molecule has 0 saturated heterocycles. The van der Waals surface area contributed by atoms with Crippen molar-refractivity contribution in [2.24, 2.45) is 7.05 Å². The zero-order chi connectivity index (χ0) is 17.1. The minimum atomic E-state index is -2.57. The Morgan fingerprint density at radius 2 is 2.00 bits per heavy atom. The van der Waals surface area contributed by atoms with Gasteiger partial charge in [0, 0.05) is 29.6 Å². The van der Waals surface area contributed by atoms with Crippen LogP contribution in [0.3, 0.4) is 0 Å². The number of rotatable bonds is 4. The lowest BCUT2D eigenvalue weighted by molar-refractivity contribution is 0.151.